The molecule has 2 heterocycles. The van der Waals surface area contributed by atoms with E-state index in [2.05, 4.69) is 0 Å². The lowest BCUT2D eigenvalue weighted by Crippen LogP contribution is -2.51. The first-order valence-electron chi connectivity index (χ1n) is 3.74. The average molecular weight is 169 g/mol. The van der Waals surface area contributed by atoms with Crippen molar-refractivity contribution >= 4 is 5.91 Å². The topological polar surface area (TPSA) is 33.5 Å². The Morgan fingerprint density at radius 1 is 1.67 bits per heavy atom. The van der Waals surface area contributed by atoms with Gasteiger partial charge in [0, 0.05) is 0 Å². The summed E-state index contributed by atoms with van der Waals surface area (Å²) in [5.74, 6) is 0.0517. The van der Waals surface area contributed by atoms with Crippen LogP contribution in [0.5, 0.6) is 0 Å². The Morgan fingerprint density at radius 3 is 2.92 bits per heavy atom. The molecule has 0 aliphatic carbocycles. The van der Waals surface area contributed by atoms with E-state index in [1.54, 1.807) is 12.1 Å². The molecule has 1 saturated heterocycles. The van der Waals surface area contributed by atoms with Gasteiger partial charge in [-0.05, 0) is 12.1 Å². The van der Waals surface area contributed by atoms with E-state index in [1.165, 1.54) is 11.2 Å². The lowest BCUT2D eigenvalue weighted by molar-refractivity contribution is 0.0371. The van der Waals surface area contributed by atoms with Gasteiger partial charge in [-0.15, -0.1) is 0 Å². The summed E-state index contributed by atoms with van der Waals surface area (Å²) in [6.45, 7) is 0.388. The van der Waals surface area contributed by atoms with Crippen LogP contribution in [0.25, 0.3) is 0 Å². The Hall–Kier alpha value is -1.32. The van der Waals surface area contributed by atoms with Crippen LogP contribution < -0.4 is 0 Å². The number of carbonyl (C=O) groups is 1. The Labute approximate surface area is 68.8 Å². The van der Waals surface area contributed by atoms with E-state index in [1.807, 2.05) is 0 Å². The molecule has 1 amide bonds. The van der Waals surface area contributed by atoms with E-state index in [-0.39, 0.29) is 24.8 Å². The molecule has 1 aliphatic rings. The molecule has 0 unspecified atom stereocenters. The monoisotopic (exact) mass is 169 g/mol. The van der Waals surface area contributed by atoms with Gasteiger partial charge in [-0.1, -0.05) is 0 Å². The second-order valence-electron chi connectivity index (χ2n) is 2.78. The zero-order valence-electron chi connectivity index (χ0n) is 6.37. The summed E-state index contributed by atoms with van der Waals surface area (Å²) in [4.78, 5) is 12.7. The Balaban J connectivity index is 2.03. The van der Waals surface area contributed by atoms with Crippen molar-refractivity contribution in [1.82, 2.24) is 4.90 Å². The Morgan fingerprint density at radius 2 is 2.42 bits per heavy atom. The highest BCUT2D eigenvalue weighted by atomic mass is 19.1. The second kappa shape index (κ2) is 2.62. The number of halogens is 1. The maximum Gasteiger partial charge on any atom is 0.289 e. The number of nitrogens with zero attached hydrogens (tertiary/aromatic N) is 1. The van der Waals surface area contributed by atoms with Crippen molar-refractivity contribution in [2.24, 2.45) is 0 Å². The normalized spacial score (nSPS) is 17.6. The van der Waals surface area contributed by atoms with Gasteiger partial charge in [-0.25, -0.2) is 4.39 Å². The number of alkyl halides is 1. The van der Waals surface area contributed by atoms with Gasteiger partial charge in [0.15, 0.2) is 5.76 Å². The molecule has 12 heavy (non-hydrogen) atoms. The Bertz CT molecular complexity index is 277. The molecule has 2 rings (SSSR count). The van der Waals surface area contributed by atoms with Crippen LogP contribution in [0.3, 0.4) is 0 Å². The molecule has 0 N–H and O–H groups in total. The molecule has 0 saturated carbocycles. The van der Waals surface area contributed by atoms with Crippen LogP contribution in [-0.4, -0.2) is 30.1 Å². The number of furan rings is 1. The molecule has 4 heteroatoms. The number of rotatable bonds is 1. The molecule has 3 nitrogen and oxygen atoms in total. The number of likely N-dealkylation sites (tertiary alicyclic amines) is 1. The highest BCUT2D eigenvalue weighted by Crippen LogP contribution is 2.15. The molecule has 1 aromatic heterocycles. The predicted molar refractivity (Wildman–Crippen MR) is 39.5 cm³/mol. The molecule has 0 radical (unpaired) electrons. The first-order chi connectivity index (χ1) is 5.77. The molecule has 1 aliphatic heterocycles. The van der Waals surface area contributed by atoms with Gasteiger partial charge in [0.25, 0.3) is 5.91 Å². The standard InChI is InChI=1S/C8H8FNO2/c9-6-4-10(5-6)8(11)7-2-1-3-12-7/h1-3,6H,4-5H2. The minimum Gasteiger partial charge on any atom is -0.459 e. The van der Waals surface area contributed by atoms with Crippen molar-refractivity contribution in [1.29, 1.82) is 0 Å². The van der Waals surface area contributed by atoms with Crippen LogP contribution in [-0.2, 0) is 0 Å². The van der Waals surface area contributed by atoms with E-state index >= 15 is 0 Å². The van der Waals surface area contributed by atoms with Crippen LogP contribution in [0.2, 0.25) is 0 Å². The fraction of sp³-hybridized carbons (Fsp3) is 0.375. The van der Waals surface area contributed by atoms with Gasteiger partial charge in [0.1, 0.15) is 6.17 Å². The van der Waals surface area contributed by atoms with Crippen LogP contribution in [0.15, 0.2) is 22.8 Å². The van der Waals surface area contributed by atoms with Crippen molar-refractivity contribution in [3.8, 4) is 0 Å². The van der Waals surface area contributed by atoms with Gasteiger partial charge < -0.3 is 9.32 Å². The van der Waals surface area contributed by atoms with Gasteiger partial charge in [0.2, 0.25) is 0 Å². The first kappa shape index (κ1) is 7.34. The second-order valence-corrected chi connectivity index (χ2v) is 2.78. The number of amides is 1. The van der Waals surface area contributed by atoms with Crippen molar-refractivity contribution in [2.75, 3.05) is 13.1 Å². The van der Waals surface area contributed by atoms with E-state index in [4.69, 9.17) is 4.42 Å². The maximum atomic E-state index is 12.3. The maximum absolute atomic E-state index is 12.3. The van der Waals surface area contributed by atoms with Crippen molar-refractivity contribution in [3.63, 3.8) is 0 Å². The summed E-state index contributed by atoms with van der Waals surface area (Å²) >= 11 is 0. The average Bonchev–Trinajstić information content (AvgIpc) is 2.49. The summed E-state index contributed by atoms with van der Waals surface area (Å²) in [5, 5.41) is 0. The summed E-state index contributed by atoms with van der Waals surface area (Å²) < 4.78 is 17.2. The largest absolute Gasteiger partial charge is 0.459 e. The molecule has 0 atom stereocenters. The third-order valence-corrected chi connectivity index (χ3v) is 1.86. The van der Waals surface area contributed by atoms with E-state index in [0.717, 1.165) is 0 Å². The highest BCUT2D eigenvalue weighted by Gasteiger charge is 2.31. The minimum absolute atomic E-state index is 0.194. The smallest absolute Gasteiger partial charge is 0.289 e. The fourth-order valence-corrected chi connectivity index (χ4v) is 1.15. The number of hydrogen-bond donors (Lipinski definition) is 0. The zero-order chi connectivity index (χ0) is 8.55. The highest BCUT2D eigenvalue weighted by molar-refractivity contribution is 5.92. The van der Waals surface area contributed by atoms with Gasteiger partial charge in [0.05, 0.1) is 19.4 Å². The molecule has 0 bridgehead atoms. The SMILES string of the molecule is O=C(c1ccco1)N1CC(F)C1. The van der Waals surface area contributed by atoms with Gasteiger partial charge >= 0.3 is 0 Å². The molecular weight excluding hydrogens is 161 g/mol. The quantitative estimate of drug-likeness (QED) is 0.630. The zero-order valence-corrected chi connectivity index (χ0v) is 6.37. The van der Waals surface area contributed by atoms with E-state index < -0.39 is 6.17 Å². The van der Waals surface area contributed by atoms with Crippen molar-refractivity contribution < 1.29 is 13.6 Å². The van der Waals surface area contributed by atoms with E-state index in [0.29, 0.717) is 0 Å². The van der Waals surface area contributed by atoms with Gasteiger partial charge in [-0.3, -0.25) is 4.79 Å². The molecule has 0 aromatic carbocycles. The van der Waals surface area contributed by atoms with Crippen LogP contribution in [0.4, 0.5) is 4.39 Å². The first-order valence-corrected chi connectivity index (χ1v) is 3.74. The third-order valence-electron chi connectivity index (χ3n) is 1.86. The number of hydrogen-bond acceptors (Lipinski definition) is 2. The summed E-state index contributed by atoms with van der Waals surface area (Å²) in [6, 6.07) is 3.22. The Kier molecular flexibility index (Phi) is 1.60. The van der Waals surface area contributed by atoms with Crippen LogP contribution in [0.1, 0.15) is 10.6 Å². The summed E-state index contributed by atoms with van der Waals surface area (Å²) in [7, 11) is 0. The lowest BCUT2D eigenvalue weighted by atomic mass is 10.2. The number of carbonyl (C=O) groups excluding carboxylic acids is 1. The summed E-state index contributed by atoms with van der Waals surface area (Å²) in [6.07, 6.45) is 0.573. The van der Waals surface area contributed by atoms with Crippen molar-refractivity contribution in [2.45, 2.75) is 6.17 Å². The predicted octanol–water partition coefficient (Wildman–Crippen LogP) is 1.07. The lowest BCUT2D eigenvalue weighted by Gasteiger charge is -2.33. The fourth-order valence-electron chi connectivity index (χ4n) is 1.15. The molecule has 64 valence electrons. The minimum atomic E-state index is -0.857. The van der Waals surface area contributed by atoms with Crippen LogP contribution in [0, 0.1) is 0 Å². The van der Waals surface area contributed by atoms with Crippen molar-refractivity contribution in [3.05, 3.63) is 24.2 Å². The molecule has 0 spiro atoms. The van der Waals surface area contributed by atoms with E-state index in [9.17, 15) is 9.18 Å². The molecule has 1 aromatic rings. The third kappa shape index (κ3) is 1.09. The summed E-state index contributed by atoms with van der Waals surface area (Å²) in [5.41, 5.74) is 0. The molecule has 1 fully saturated rings. The van der Waals surface area contributed by atoms with Crippen LogP contribution >= 0.6 is 0 Å². The van der Waals surface area contributed by atoms with Gasteiger partial charge in [-0.2, -0.15) is 0 Å². The molecular formula is C8H8FNO2.